The van der Waals surface area contributed by atoms with Crippen molar-refractivity contribution in [3.8, 4) is 11.5 Å². The maximum atomic E-state index is 12.4. The van der Waals surface area contributed by atoms with Crippen LogP contribution in [0.4, 0.5) is 8.78 Å². The maximum Gasteiger partial charge on any atom is 0.387 e. The second kappa shape index (κ2) is 9.71. The summed E-state index contributed by atoms with van der Waals surface area (Å²) in [6.45, 7) is -2.63. The third-order valence-corrected chi connectivity index (χ3v) is 4.04. The molecule has 0 saturated carbocycles. The van der Waals surface area contributed by atoms with Gasteiger partial charge in [-0.3, -0.25) is 9.59 Å². The number of rotatable bonds is 9. The number of methoxy groups -OCH3 is 1. The number of halogens is 2. The first-order valence-electron chi connectivity index (χ1n) is 7.68. The van der Waals surface area contributed by atoms with Crippen LogP contribution < -0.4 is 20.1 Å². The van der Waals surface area contributed by atoms with Gasteiger partial charge < -0.3 is 20.1 Å². The lowest BCUT2D eigenvalue weighted by atomic mass is 10.2. The number of thiophene rings is 1. The van der Waals surface area contributed by atoms with Crippen LogP contribution in [0.3, 0.4) is 0 Å². The smallest absolute Gasteiger partial charge is 0.387 e. The quantitative estimate of drug-likeness (QED) is 0.697. The third-order valence-electron chi connectivity index (χ3n) is 3.35. The summed E-state index contributed by atoms with van der Waals surface area (Å²) in [5, 5.41) is 8.81. The van der Waals surface area contributed by atoms with Gasteiger partial charge in [-0.15, -0.1) is 0 Å². The van der Waals surface area contributed by atoms with Crippen LogP contribution in [0.1, 0.15) is 22.3 Å². The van der Waals surface area contributed by atoms with Crippen LogP contribution in [0.2, 0.25) is 0 Å². The fourth-order valence-corrected chi connectivity index (χ4v) is 2.73. The van der Waals surface area contributed by atoms with E-state index in [2.05, 4.69) is 15.4 Å². The van der Waals surface area contributed by atoms with Crippen LogP contribution in [0.5, 0.6) is 11.5 Å². The molecule has 0 radical (unpaired) electrons. The highest BCUT2D eigenvalue weighted by Gasteiger charge is 2.12. The molecule has 2 amide bonds. The molecule has 0 aliphatic carbocycles. The zero-order chi connectivity index (χ0) is 18.9. The Hall–Kier alpha value is -2.68. The topological polar surface area (TPSA) is 76.7 Å². The van der Waals surface area contributed by atoms with Crippen molar-refractivity contribution >= 4 is 23.2 Å². The first kappa shape index (κ1) is 19.6. The first-order chi connectivity index (χ1) is 12.5. The van der Waals surface area contributed by atoms with Crippen molar-refractivity contribution in [3.63, 3.8) is 0 Å². The van der Waals surface area contributed by atoms with Crippen molar-refractivity contribution in [2.45, 2.75) is 19.6 Å². The van der Waals surface area contributed by atoms with Gasteiger partial charge in [-0.25, -0.2) is 0 Å². The molecule has 0 aliphatic heterocycles. The molecule has 0 saturated heterocycles. The Labute approximate surface area is 153 Å². The largest absolute Gasteiger partial charge is 0.493 e. The summed E-state index contributed by atoms with van der Waals surface area (Å²) >= 11 is 1.41. The molecular weight excluding hydrogens is 366 g/mol. The zero-order valence-electron chi connectivity index (χ0n) is 14.0. The molecule has 0 bridgehead atoms. The molecule has 26 heavy (non-hydrogen) atoms. The van der Waals surface area contributed by atoms with E-state index in [0.717, 1.165) is 0 Å². The minimum absolute atomic E-state index is 0.0997. The summed E-state index contributed by atoms with van der Waals surface area (Å²) in [6, 6.07) is 6.20. The van der Waals surface area contributed by atoms with Crippen molar-refractivity contribution in [2.24, 2.45) is 0 Å². The second-order valence-corrected chi connectivity index (χ2v) is 5.94. The zero-order valence-corrected chi connectivity index (χ0v) is 14.8. The van der Waals surface area contributed by atoms with Gasteiger partial charge in [0.15, 0.2) is 11.5 Å². The van der Waals surface area contributed by atoms with Crippen molar-refractivity contribution in [1.29, 1.82) is 0 Å². The van der Waals surface area contributed by atoms with E-state index in [4.69, 9.17) is 4.74 Å². The Balaban J connectivity index is 1.78. The Morgan fingerprint density at radius 3 is 2.65 bits per heavy atom. The first-order valence-corrected chi connectivity index (χ1v) is 8.62. The van der Waals surface area contributed by atoms with Crippen LogP contribution in [-0.2, 0) is 11.3 Å². The average Bonchev–Trinajstić information content (AvgIpc) is 3.14. The highest BCUT2D eigenvalue weighted by atomic mass is 32.1. The summed E-state index contributed by atoms with van der Waals surface area (Å²) in [5.41, 5.74) is 1.14. The lowest BCUT2D eigenvalue weighted by Crippen LogP contribution is -2.30. The normalized spacial score (nSPS) is 10.5. The molecule has 9 heteroatoms. The highest BCUT2D eigenvalue weighted by Crippen LogP contribution is 2.29. The summed E-state index contributed by atoms with van der Waals surface area (Å²) < 4.78 is 34.2. The van der Waals surface area contributed by atoms with E-state index in [0.29, 0.717) is 11.1 Å². The predicted octanol–water partition coefficient (Wildman–Crippen LogP) is 2.79. The van der Waals surface area contributed by atoms with Crippen LogP contribution in [-0.4, -0.2) is 32.1 Å². The van der Waals surface area contributed by atoms with Gasteiger partial charge >= 0.3 is 6.61 Å². The number of ether oxygens (including phenoxy) is 2. The van der Waals surface area contributed by atoms with Crippen molar-refractivity contribution in [2.75, 3.05) is 13.7 Å². The van der Waals surface area contributed by atoms with Crippen LogP contribution in [0.25, 0.3) is 0 Å². The molecule has 0 unspecified atom stereocenters. The fourth-order valence-electron chi connectivity index (χ4n) is 2.09. The number of alkyl halides is 2. The van der Waals surface area contributed by atoms with Crippen LogP contribution in [0.15, 0.2) is 35.0 Å². The number of carbonyl (C=O) groups is 2. The van der Waals surface area contributed by atoms with Crippen molar-refractivity contribution in [3.05, 3.63) is 46.2 Å². The molecule has 1 heterocycles. The molecule has 6 nitrogen and oxygen atoms in total. The molecule has 2 aromatic rings. The van der Waals surface area contributed by atoms with Gasteiger partial charge in [0.1, 0.15) is 0 Å². The Bertz CT molecular complexity index is 738. The molecule has 2 rings (SSSR count). The lowest BCUT2D eigenvalue weighted by Gasteiger charge is -2.12. The van der Waals surface area contributed by atoms with Gasteiger partial charge in [0.05, 0.1) is 7.11 Å². The Morgan fingerprint density at radius 2 is 2.00 bits per heavy atom. The van der Waals surface area contributed by atoms with Gasteiger partial charge in [-0.2, -0.15) is 20.1 Å². The van der Waals surface area contributed by atoms with E-state index in [1.165, 1.54) is 30.6 Å². The van der Waals surface area contributed by atoms with Crippen LogP contribution >= 0.6 is 11.3 Å². The van der Waals surface area contributed by atoms with Crippen molar-refractivity contribution < 1.29 is 27.8 Å². The summed E-state index contributed by atoms with van der Waals surface area (Å²) in [4.78, 5) is 23.6. The average molecular weight is 384 g/mol. The van der Waals surface area contributed by atoms with Gasteiger partial charge in [0, 0.05) is 30.5 Å². The lowest BCUT2D eigenvalue weighted by molar-refractivity contribution is -0.121. The van der Waals surface area contributed by atoms with Crippen LogP contribution in [0, 0.1) is 0 Å². The number of carbonyl (C=O) groups excluding carboxylic acids is 2. The highest BCUT2D eigenvalue weighted by molar-refractivity contribution is 7.08. The number of benzene rings is 1. The second-order valence-electron chi connectivity index (χ2n) is 5.16. The van der Waals surface area contributed by atoms with E-state index in [1.54, 1.807) is 22.9 Å². The molecule has 0 aliphatic rings. The monoisotopic (exact) mass is 384 g/mol. The molecule has 140 valence electrons. The predicted molar refractivity (Wildman–Crippen MR) is 92.7 cm³/mol. The van der Waals surface area contributed by atoms with Gasteiger partial charge in [-0.05, 0) is 29.1 Å². The third kappa shape index (κ3) is 5.99. The number of hydrogen-bond acceptors (Lipinski definition) is 5. The SMILES string of the molecule is COc1ccc(CNC(=O)CCNC(=O)c2ccsc2)cc1OC(F)F. The van der Waals surface area contributed by atoms with E-state index >= 15 is 0 Å². The maximum absolute atomic E-state index is 12.4. The summed E-state index contributed by atoms with van der Waals surface area (Å²) in [7, 11) is 1.35. The molecule has 0 fully saturated rings. The van der Waals surface area contributed by atoms with Gasteiger partial charge in [0.2, 0.25) is 5.91 Å². The van der Waals surface area contributed by atoms with Gasteiger partial charge in [-0.1, -0.05) is 6.07 Å². The number of amides is 2. The molecule has 0 atom stereocenters. The fraction of sp³-hybridized carbons (Fsp3) is 0.294. The standard InChI is InChI=1S/C17H18F2N2O4S/c1-24-13-3-2-11(8-14(13)25-17(18)19)9-21-15(22)4-6-20-16(23)12-5-7-26-10-12/h2-3,5,7-8,10,17H,4,6,9H2,1H3,(H,20,23)(H,21,22). The minimum Gasteiger partial charge on any atom is -0.493 e. The number of nitrogens with one attached hydrogen (secondary N) is 2. The number of hydrogen-bond donors (Lipinski definition) is 2. The van der Waals surface area contributed by atoms with E-state index < -0.39 is 6.61 Å². The minimum atomic E-state index is -2.97. The molecule has 0 spiro atoms. The van der Waals surface area contributed by atoms with E-state index in [-0.39, 0.29) is 42.8 Å². The van der Waals surface area contributed by atoms with Gasteiger partial charge in [0.25, 0.3) is 5.91 Å². The van der Waals surface area contributed by atoms with E-state index in [9.17, 15) is 18.4 Å². The molecule has 1 aromatic carbocycles. The Kier molecular flexibility index (Phi) is 7.34. The molecular formula is C17H18F2N2O4S. The van der Waals surface area contributed by atoms with Crippen molar-refractivity contribution in [1.82, 2.24) is 10.6 Å². The molecule has 1 aromatic heterocycles. The summed E-state index contributed by atoms with van der Waals surface area (Å²) in [6.07, 6.45) is 0.104. The van der Waals surface area contributed by atoms with E-state index in [1.807, 2.05) is 0 Å². The molecule has 2 N–H and O–H groups in total. The summed E-state index contributed by atoms with van der Waals surface area (Å²) in [5.74, 6) is -0.431. The Morgan fingerprint density at radius 1 is 1.19 bits per heavy atom.